The highest BCUT2D eigenvalue weighted by Gasteiger charge is 2.32. The van der Waals surface area contributed by atoms with Gasteiger partial charge in [0.15, 0.2) is 0 Å². The lowest BCUT2D eigenvalue weighted by Gasteiger charge is -2.31. The minimum atomic E-state index is -1.62. The van der Waals surface area contributed by atoms with Crippen LogP contribution in [0, 0.1) is 24.7 Å². The molecule has 0 rings (SSSR count). The van der Waals surface area contributed by atoms with E-state index in [1.807, 2.05) is 46.4 Å². The van der Waals surface area contributed by atoms with Crippen LogP contribution in [0.2, 0.25) is 0 Å². The van der Waals surface area contributed by atoms with Gasteiger partial charge >= 0.3 is 9.28 Å². The molecule has 0 amide bonds. The molecule has 0 heterocycles. The second-order valence-electron chi connectivity index (χ2n) is 4.48. The van der Waals surface area contributed by atoms with Crippen molar-refractivity contribution in [3.05, 3.63) is 11.8 Å². The predicted octanol–water partition coefficient (Wildman–Crippen LogP) is 3.23. The summed E-state index contributed by atoms with van der Waals surface area (Å²) in [6.07, 6.45) is 14.4. The molecule has 0 aromatic rings. The summed E-state index contributed by atoms with van der Waals surface area (Å²) in [5.74, 6) is 5.35. The molecule has 18 heavy (non-hydrogen) atoms. The molecule has 2 nitrogen and oxygen atoms in total. The van der Waals surface area contributed by atoms with Crippen LogP contribution in [0.5, 0.6) is 0 Å². The largest absolute Gasteiger partial charge is 0.417 e. The Morgan fingerprint density at radius 1 is 1.06 bits per heavy atom. The van der Waals surface area contributed by atoms with Crippen molar-refractivity contribution in [1.82, 2.24) is 0 Å². The van der Waals surface area contributed by atoms with E-state index in [1.165, 1.54) is 0 Å². The topological polar surface area (TPSA) is 18.5 Å². The fourth-order valence-corrected chi connectivity index (χ4v) is 2.82. The first-order valence-electron chi connectivity index (χ1n) is 6.21. The Morgan fingerprint density at radius 3 is 1.67 bits per heavy atom. The third kappa shape index (κ3) is 5.10. The first kappa shape index (κ1) is 17.0. The number of rotatable bonds is 7. The number of hydrogen-bond donors (Lipinski definition) is 0. The van der Waals surface area contributed by atoms with Crippen LogP contribution in [0.3, 0.4) is 0 Å². The highest BCUT2D eigenvalue weighted by molar-refractivity contribution is 6.51. The van der Waals surface area contributed by atoms with Crippen molar-refractivity contribution in [1.29, 1.82) is 0 Å². The highest BCUT2D eigenvalue weighted by Crippen LogP contribution is 2.21. The summed E-state index contributed by atoms with van der Waals surface area (Å²) in [7, 11) is -1.62. The molecule has 1 radical (unpaired) electrons. The molecule has 0 N–H and O–H groups in total. The molecule has 0 aliphatic carbocycles. The summed E-state index contributed by atoms with van der Waals surface area (Å²) in [5.41, 5.74) is 0.718. The van der Waals surface area contributed by atoms with Gasteiger partial charge in [-0.3, -0.25) is 0 Å². The van der Waals surface area contributed by atoms with E-state index in [9.17, 15) is 0 Å². The zero-order valence-corrected chi connectivity index (χ0v) is 13.0. The minimum absolute atomic E-state index is 0.600. The summed E-state index contributed by atoms with van der Waals surface area (Å²) in [6.45, 7) is 9.70. The maximum Gasteiger partial charge on any atom is 0.417 e. The van der Waals surface area contributed by atoms with Gasteiger partial charge in [-0.1, -0.05) is 31.8 Å². The summed E-state index contributed by atoms with van der Waals surface area (Å²) in [4.78, 5) is 0. The zero-order chi connectivity index (χ0) is 14.2. The molecule has 0 bridgehead atoms. The molecule has 99 valence electrons. The second kappa shape index (κ2) is 7.44. The van der Waals surface area contributed by atoms with E-state index in [2.05, 4.69) is 11.8 Å². The van der Waals surface area contributed by atoms with Crippen molar-refractivity contribution in [2.24, 2.45) is 0 Å². The fraction of sp³-hybridized carbons (Fsp3) is 0.600. The first-order chi connectivity index (χ1) is 8.38. The average Bonchev–Trinajstić information content (AvgIpc) is 2.38. The van der Waals surface area contributed by atoms with Crippen LogP contribution in [-0.4, -0.2) is 20.5 Å². The van der Waals surface area contributed by atoms with Gasteiger partial charge in [-0.25, -0.2) is 0 Å². The van der Waals surface area contributed by atoms with Crippen molar-refractivity contribution in [2.45, 2.75) is 58.7 Å². The van der Waals surface area contributed by atoms with Crippen molar-refractivity contribution in [3.8, 4) is 24.7 Å². The van der Waals surface area contributed by atoms with Gasteiger partial charge in [-0.15, -0.1) is 12.8 Å². The van der Waals surface area contributed by atoms with Gasteiger partial charge in [0.05, 0.1) is 0 Å². The van der Waals surface area contributed by atoms with Gasteiger partial charge in [-0.05, 0) is 39.3 Å². The summed E-state index contributed by atoms with van der Waals surface area (Å²) >= 11 is 0. The molecular weight excluding hydrogens is 240 g/mol. The Morgan fingerprint density at radius 2 is 1.44 bits per heavy atom. The maximum absolute atomic E-state index is 5.94. The predicted molar refractivity (Wildman–Crippen MR) is 77.8 cm³/mol. The van der Waals surface area contributed by atoms with Crippen LogP contribution in [-0.2, 0) is 8.85 Å². The molecule has 0 aromatic carbocycles. The monoisotopic (exact) mass is 263 g/mol. The van der Waals surface area contributed by atoms with Gasteiger partial charge in [0.25, 0.3) is 0 Å². The smallest absolute Gasteiger partial charge is 0.373 e. The normalized spacial score (nSPS) is 18.0. The molecule has 0 aliphatic heterocycles. The van der Waals surface area contributed by atoms with Crippen molar-refractivity contribution in [3.63, 3.8) is 0 Å². The van der Waals surface area contributed by atoms with E-state index in [0.717, 1.165) is 12.8 Å². The van der Waals surface area contributed by atoms with E-state index >= 15 is 0 Å². The Hall–Kier alpha value is -1.00. The van der Waals surface area contributed by atoms with E-state index in [4.69, 9.17) is 21.7 Å². The van der Waals surface area contributed by atoms with Crippen LogP contribution in [0.1, 0.15) is 47.5 Å². The second-order valence-corrected chi connectivity index (χ2v) is 5.86. The number of hydrogen-bond acceptors (Lipinski definition) is 2. The molecule has 0 aromatic heterocycles. The van der Waals surface area contributed by atoms with Crippen LogP contribution in [0.4, 0.5) is 0 Å². The molecule has 0 aliphatic rings. The van der Waals surface area contributed by atoms with Gasteiger partial charge in [-0.2, -0.15) is 0 Å². The summed E-state index contributed by atoms with van der Waals surface area (Å²) in [6, 6.07) is 0. The SMILES string of the molecule is C#CC(C)(CC)O[Si](C=CC)OC(C)(C#C)CC. The first-order valence-corrected chi connectivity index (χ1v) is 7.61. The third-order valence-corrected chi connectivity index (χ3v) is 4.82. The Labute approximate surface area is 114 Å². The highest BCUT2D eigenvalue weighted by atomic mass is 28.3. The Bertz CT molecular complexity index is 334. The van der Waals surface area contributed by atoms with E-state index in [1.54, 1.807) is 0 Å². The molecule has 0 saturated heterocycles. The lowest BCUT2D eigenvalue weighted by atomic mass is 10.1. The number of terminal acetylenes is 2. The molecule has 3 heteroatoms. The molecule has 0 fully saturated rings. The average molecular weight is 263 g/mol. The minimum Gasteiger partial charge on any atom is -0.373 e. The third-order valence-electron chi connectivity index (χ3n) is 2.91. The van der Waals surface area contributed by atoms with Gasteiger partial charge in [0.1, 0.15) is 11.2 Å². The zero-order valence-electron chi connectivity index (χ0n) is 12.0. The maximum atomic E-state index is 5.94. The Kier molecular flexibility index (Phi) is 7.02. The standard InChI is InChI=1S/C15H23O2Si/c1-8-13-18(16-14(6,9-2)10-3)17-15(7,11-4)12-5/h2,4,8,13H,10,12H2,1,3,5-7H3. The van der Waals surface area contributed by atoms with Gasteiger partial charge in [0, 0.05) is 0 Å². The van der Waals surface area contributed by atoms with Crippen molar-refractivity contribution >= 4 is 9.28 Å². The van der Waals surface area contributed by atoms with Crippen LogP contribution < -0.4 is 0 Å². The molecule has 0 saturated carbocycles. The molecule has 2 atom stereocenters. The van der Waals surface area contributed by atoms with Crippen molar-refractivity contribution in [2.75, 3.05) is 0 Å². The van der Waals surface area contributed by atoms with E-state index in [-0.39, 0.29) is 0 Å². The van der Waals surface area contributed by atoms with Crippen LogP contribution >= 0.6 is 0 Å². The Balaban J connectivity index is 4.91. The number of allylic oxidation sites excluding steroid dienone is 1. The van der Waals surface area contributed by atoms with Crippen LogP contribution in [0.25, 0.3) is 0 Å². The van der Waals surface area contributed by atoms with Crippen molar-refractivity contribution < 1.29 is 8.85 Å². The van der Waals surface area contributed by atoms with E-state index in [0.29, 0.717) is 0 Å². The quantitative estimate of drug-likeness (QED) is 0.518. The molecule has 2 unspecified atom stereocenters. The lowest BCUT2D eigenvalue weighted by Crippen LogP contribution is -2.41. The fourth-order valence-electron chi connectivity index (χ4n) is 1.08. The molecule has 0 spiro atoms. The van der Waals surface area contributed by atoms with Gasteiger partial charge in [0.2, 0.25) is 0 Å². The summed E-state index contributed by atoms with van der Waals surface area (Å²) in [5, 5.41) is 0. The van der Waals surface area contributed by atoms with Gasteiger partial charge < -0.3 is 8.85 Å². The van der Waals surface area contributed by atoms with E-state index < -0.39 is 20.5 Å². The lowest BCUT2D eigenvalue weighted by molar-refractivity contribution is 0.0550. The van der Waals surface area contributed by atoms with Crippen LogP contribution in [0.15, 0.2) is 11.8 Å². The summed E-state index contributed by atoms with van der Waals surface area (Å²) < 4.78 is 11.9. The molecular formula is C15H23O2Si.